The lowest BCUT2D eigenvalue weighted by Crippen LogP contribution is -2.45. The zero-order valence-electron chi connectivity index (χ0n) is 9.98. The van der Waals surface area contributed by atoms with E-state index >= 15 is 0 Å². The Morgan fingerprint density at radius 2 is 1.94 bits per heavy atom. The molecule has 0 amide bonds. The number of rotatable bonds is 5. The SMILES string of the molecule is COCCCS(=O)(=O)N1CCC(C)(O)CC1. The second-order valence-corrected chi connectivity index (χ2v) is 6.65. The highest BCUT2D eigenvalue weighted by Crippen LogP contribution is 2.23. The second-order valence-electron chi connectivity index (χ2n) is 4.56. The Kier molecular flexibility index (Phi) is 4.73. The van der Waals surface area contributed by atoms with Crippen molar-refractivity contribution >= 4 is 10.0 Å². The van der Waals surface area contributed by atoms with Gasteiger partial charge in [0, 0.05) is 26.8 Å². The van der Waals surface area contributed by atoms with E-state index in [4.69, 9.17) is 4.74 Å². The summed E-state index contributed by atoms with van der Waals surface area (Å²) in [6.07, 6.45) is 1.54. The summed E-state index contributed by atoms with van der Waals surface area (Å²) in [6.45, 7) is 3.05. The van der Waals surface area contributed by atoms with Crippen molar-refractivity contribution in [2.75, 3.05) is 32.6 Å². The average molecular weight is 251 g/mol. The van der Waals surface area contributed by atoms with E-state index in [0.717, 1.165) is 0 Å². The van der Waals surface area contributed by atoms with E-state index in [2.05, 4.69) is 0 Å². The van der Waals surface area contributed by atoms with E-state index in [1.54, 1.807) is 14.0 Å². The third-order valence-electron chi connectivity index (χ3n) is 2.94. The molecule has 16 heavy (non-hydrogen) atoms. The molecule has 0 aromatic rings. The van der Waals surface area contributed by atoms with Gasteiger partial charge < -0.3 is 9.84 Å². The van der Waals surface area contributed by atoms with E-state index < -0.39 is 15.6 Å². The number of hydrogen-bond acceptors (Lipinski definition) is 4. The first kappa shape index (κ1) is 13.9. The molecule has 1 N–H and O–H groups in total. The zero-order valence-corrected chi connectivity index (χ0v) is 10.8. The fourth-order valence-electron chi connectivity index (χ4n) is 1.76. The third-order valence-corrected chi connectivity index (χ3v) is 4.90. The van der Waals surface area contributed by atoms with Gasteiger partial charge >= 0.3 is 0 Å². The first-order valence-corrected chi connectivity index (χ1v) is 7.17. The van der Waals surface area contributed by atoms with Crippen LogP contribution in [0.2, 0.25) is 0 Å². The first-order valence-electron chi connectivity index (χ1n) is 5.56. The molecule has 1 saturated heterocycles. The largest absolute Gasteiger partial charge is 0.390 e. The van der Waals surface area contributed by atoms with Crippen LogP contribution in [0, 0.1) is 0 Å². The van der Waals surface area contributed by atoms with Gasteiger partial charge in [-0.3, -0.25) is 0 Å². The van der Waals surface area contributed by atoms with Gasteiger partial charge in [-0.05, 0) is 26.2 Å². The van der Waals surface area contributed by atoms with Gasteiger partial charge in [-0.2, -0.15) is 0 Å². The van der Waals surface area contributed by atoms with E-state index in [1.165, 1.54) is 4.31 Å². The Balaban J connectivity index is 2.45. The van der Waals surface area contributed by atoms with Gasteiger partial charge in [-0.1, -0.05) is 0 Å². The molecule has 0 aromatic heterocycles. The van der Waals surface area contributed by atoms with Gasteiger partial charge in [0.05, 0.1) is 11.4 Å². The second kappa shape index (κ2) is 5.44. The summed E-state index contributed by atoms with van der Waals surface area (Å²) in [6, 6.07) is 0. The van der Waals surface area contributed by atoms with Crippen molar-refractivity contribution in [3.8, 4) is 0 Å². The van der Waals surface area contributed by atoms with Crippen molar-refractivity contribution < 1.29 is 18.3 Å². The number of aliphatic hydroxyl groups is 1. The number of ether oxygens (including phenoxy) is 1. The molecule has 0 aliphatic carbocycles. The number of sulfonamides is 1. The molecular weight excluding hydrogens is 230 g/mol. The maximum Gasteiger partial charge on any atom is 0.214 e. The topological polar surface area (TPSA) is 66.8 Å². The van der Waals surface area contributed by atoms with Gasteiger partial charge in [-0.15, -0.1) is 0 Å². The number of piperidine rings is 1. The molecule has 0 unspecified atom stereocenters. The van der Waals surface area contributed by atoms with Crippen LogP contribution in [-0.4, -0.2) is 56.0 Å². The molecule has 96 valence electrons. The zero-order chi connectivity index (χ0) is 12.2. The van der Waals surface area contributed by atoms with Gasteiger partial charge in [0.2, 0.25) is 10.0 Å². The number of nitrogens with zero attached hydrogens (tertiary/aromatic N) is 1. The maximum absolute atomic E-state index is 11.9. The molecule has 0 saturated carbocycles. The quantitative estimate of drug-likeness (QED) is 0.709. The maximum atomic E-state index is 11.9. The summed E-state index contributed by atoms with van der Waals surface area (Å²) >= 11 is 0. The van der Waals surface area contributed by atoms with Crippen LogP contribution < -0.4 is 0 Å². The molecule has 1 fully saturated rings. The molecule has 0 atom stereocenters. The lowest BCUT2D eigenvalue weighted by atomic mass is 9.95. The molecule has 0 radical (unpaired) electrons. The van der Waals surface area contributed by atoms with Crippen LogP contribution in [0.3, 0.4) is 0 Å². The van der Waals surface area contributed by atoms with Crippen molar-refractivity contribution in [2.45, 2.75) is 31.8 Å². The monoisotopic (exact) mass is 251 g/mol. The summed E-state index contributed by atoms with van der Waals surface area (Å²) in [5.74, 6) is 0.128. The number of methoxy groups -OCH3 is 1. The average Bonchev–Trinajstić information content (AvgIpc) is 2.17. The summed E-state index contributed by atoms with van der Waals surface area (Å²) in [4.78, 5) is 0. The predicted octanol–water partition coefficient (Wildman–Crippen LogP) is 0.200. The smallest absolute Gasteiger partial charge is 0.214 e. The van der Waals surface area contributed by atoms with Crippen molar-refractivity contribution in [2.24, 2.45) is 0 Å². The Labute approximate surface area is 97.4 Å². The molecule has 6 heteroatoms. The lowest BCUT2D eigenvalue weighted by Gasteiger charge is -2.34. The summed E-state index contributed by atoms with van der Waals surface area (Å²) in [5.41, 5.74) is -0.710. The van der Waals surface area contributed by atoms with Gasteiger partial charge in [0.1, 0.15) is 0 Å². The summed E-state index contributed by atoms with van der Waals surface area (Å²) in [7, 11) is -1.60. The highest BCUT2D eigenvalue weighted by molar-refractivity contribution is 7.89. The van der Waals surface area contributed by atoms with E-state index in [1.807, 2.05) is 0 Å². The molecular formula is C10H21NO4S. The molecule has 1 aliphatic rings. The van der Waals surface area contributed by atoms with Crippen molar-refractivity contribution in [3.63, 3.8) is 0 Å². The Morgan fingerprint density at radius 1 is 1.38 bits per heavy atom. The molecule has 0 spiro atoms. The molecule has 5 nitrogen and oxygen atoms in total. The Morgan fingerprint density at radius 3 is 2.44 bits per heavy atom. The number of hydrogen-bond donors (Lipinski definition) is 1. The molecule has 1 aliphatic heterocycles. The van der Waals surface area contributed by atoms with E-state index in [0.29, 0.717) is 39.0 Å². The van der Waals surface area contributed by atoms with Gasteiger partial charge in [-0.25, -0.2) is 12.7 Å². The van der Waals surface area contributed by atoms with Crippen LogP contribution in [0.15, 0.2) is 0 Å². The minimum absolute atomic E-state index is 0.128. The fraction of sp³-hybridized carbons (Fsp3) is 1.00. The normalized spacial score (nSPS) is 22.2. The summed E-state index contributed by atoms with van der Waals surface area (Å²) < 4.78 is 30.0. The van der Waals surface area contributed by atoms with Crippen LogP contribution >= 0.6 is 0 Å². The van der Waals surface area contributed by atoms with Crippen molar-refractivity contribution in [1.29, 1.82) is 0 Å². The molecule has 0 bridgehead atoms. The highest BCUT2D eigenvalue weighted by Gasteiger charge is 2.32. The van der Waals surface area contributed by atoms with E-state index in [9.17, 15) is 13.5 Å². The van der Waals surface area contributed by atoms with Crippen LogP contribution in [0.4, 0.5) is 0 Å². The molecule has 0 aromatic carbocycles. The third kappa shape index (κ3) is 4.01. The van der Waals surface area contributed by atoms with Crippen LogP contribution in [0.25, 0.3) is 0 Å². The lowest BCUT2D eigenvalue weighted by molar-refractivity contribution is 0.0126. The van der Waals surface area contributed by atoms with Gasteiger partial charge in [0.15, 0.2) is 0 Å². The standard InChI is InChI=1S/C10H21NO4S/c1-10(12)4-6-11(7-5-10)16(13,14)9-3-8-15-2/h12H,3-9H2,1-2H3. The van der Waals surface area contributed by atoms with Crippen molar-refractivity contribution in [3.05, 3.63) is 0 Å². The highest BCUT2D eigenvalue weighted by atomic mass is 32.2. The van der Waals surface area contributed by atoms with Crippen LogP contribution in [-0.2, 0) is 14.8 Å². The first-order chi connectivity index (χ1) is 7.37. The molecule has 1 rings (SSSR count). The van der Waals surface area contributed by atoms with E-state index in [-0.39, 0.29) is 5.75 Å². The minimum Gasteiger partial charge on any atom is -0.390 e. The van der Waals surface area contributed by atoms with Gasteiger partial charge in [0.25, 0.3) is 0 Å². The fourth-order valence-corrected chi connectivity index (χ4v) is 3.24. The van der Waals surface area contributed by atoms with Crippen molar-refractivity contribution in [1.82, 2.24) is 4.31 Å². The molecule has 1 heterocycles. The van der Waals surface area contributed by atoms with Crippen LogP contribution in [0.5, 0.6) is 0 Å². The Bertz CT molecular complexity index is 303. The summed E-state index contributed by atoms with van der Waals surface area (Å²) in [5, 5.41) is 9.73. The minimum atomic E-state index is -3.16. The predicted molar refractivity (Wildman–Crippen MR) is 61.7 cm³/mol. The van der Waals surface area contributed by atoms with Crippen LogP contribution in [0.1, 0.15) is 26.2 Å². The Hall–Kier alpha value is -0.170.